The molecule has 10 rings (SSSR count). The first-order valence-electron chi connectivity index (χ1n) is 21.4. The van der Waals surface area contributed by atoms with Crippen LogP contribution in [-0.4, -0.2) is 6.71 Å². The molecule has 2 nitrogen and oxygen atoms in total. The zero-order valence-electron chi connectivity index (χ0n) is 36.8. The van der Waals surface area contributed by atoms with Gasteiger partial charge in [-0.15, -0.1) is 11.3 Å². The van der Waals surface area contributed by atoms with Crippen molar-refractivity contribution in [1.82, 2.24) is 0 Å². The van der Waals surface area contributed by atoms with Gasteiger partial charge in [0.25, 0.3) is 6.71 Å². The number of fused-ring (bicyclic) bond motifs is 9. The Morgan fingerprint density at radius 3 is 1.88 bits per heavy atom. The van der Waals surface area contributed by atoms with Crippen LogP contribution in [0.25, 0.3) is 10.1 Å². The maximum Gasteiger partial charge on any atom is 0.264 e. The van der Waals surface area contributed by atoms with Gasteiger partial charge in [0.05, 0.1) is 11.4 Å². The second-order valence-corrected chi connectivity index (χ2v) is 23.1. The molecule has 0 saturated heterocycles. The molecule has 57 heavy (non-hydrogen) atoms. The predicted octanol–water partition coefficient (Wildman–Crippen LogP) is 13.2. The third-order valence-corrected chi connectivity index (χ3v) is 15.6. The van der Waals surface area contributed by atoms with Crippen LogP contribution in [0.15, 0.2) is 78.9 Å². The van der Waals surface area contributed by atoms with Gasteiger partial charge in [0.15, 0.2) is 0 Å². The van der Waals surface area contributed by atoms with Gasteiger partial charge < -0.3 is 9.80 Å². The molecule has 0 saturated carbocycles. The van der Waals surface area contributed by atoms with Crippen molar-refractivity contribution in [3.05, 3.63) is 123 Å². The topological polar surface area (TPSA) is 6.48 Å². The van der Waals surface area contributed by atoms with Gasteiger partial charge in [0.2, 0.25) is 0 Å². The normalized spacial score (nSPS) is 19.0. The molecule has 1 unspecified atom stereocenters. The number of nitrogens with zero attached hydrogens (tertiary/aromatic N) is 2. The summed E-state index contributed by atoms with van der Waals surface area (Å²) >= 11 is 2.02. The molecule has 1 atom stereocenters. The molecule has 4 aliphatic rings. The summed E-state index contributed by atoms with van der Waals surface area (Å²) in [5, 5.41) is 1.37. The smallest absolute Gasteiger partial charge is 0.264 e. The summed E-state index contributed by atoms with van der Waals surface area (Å²) in [6.45, 7) is 33.5. The average Bonchev–Trinajstić information content (AvgIpc) is 3.50. The van der Waals surface area contributed by atoms with Crippen molar-refractivity contribution in [1.29, 1.82) is 0 Å². The highest BCUT2D eigenvalue weighted by molar-refractivity contribution is 7.33. The third-order valence-electron chi connectivity index (χ3n) is 14.3. The van der Waals surface area contributed by atoms with E-state index in [1.54, 1.807) is 5.56 Å². The minimum absolute atomic E-state index is 0.0436. The summed E-state index contributed by atoms with van der Waals surface area (Å²) in [6.07, 6.45) is 2.33. The maximum absolute atomic E-state index is 2.76. The minimum Gasteiger partial charge on any atom is -0.311 e. The molecule has 1 aliphatic carbocycles. The van der Waals surface area contributed by atoms with Gasteiger partial charge in [0, 0.05) is 43.0 Å². The molecule has 290 valence electrons. The molecule has 0 radical (unpaired) electrons. The first-order valence-corrected chi connectivity index (χ1v) is 22.2. The van der Waals surface area contributed by atoms with Crippen molar-refractivity contribution in [3.8, 4) is 0 Å². The molecule has 3 aliphatic heterocycles. The monoisotopic (exact) mass is 766 g/mol. The second kappa shape index (κ2) is 11.5. The summed E-state index contributed by atoms with van der Waals surface area (Å²) in [4.78, 5) is 5.40. The minimum atomic E-state index is -0.0850. The van der Waals surface area contributed by atoms with Gasteiger partial charge in [-0.05, 0) is 140 Å². The number of aryl methyl sites for hydroxylation is 2. The van der Waals surface area contributed by atoms with Crippen LogP contribution in [0, 0.1) is 13.8 Å². The molecule has 0 N–H and O–H groups in total. The van der Waals surface area contributed by atoms with Gasteiger partial charge in [0.1, 0.15) is 0 Å². The van der Waals surface area contributed by atoms with Crippen LogP contribution in [0.3, 0.4) is 0 Å². The Bertz CT molecular complexity index is 2710. The van der Waals surface area contributed by atoms with Gasteiger partial charge in [-0.2, -0.15) is 0 Å². The van der Waals surface area contributed by atoms with Crippen LogP contribution in [-0.2, 0) is 27.1 Å². The zero-order valence-corrected chi connectivity index (χ0v) is 37.6. The van der Waals surface area contributed by atoms with E-state index in [-0.39, 0.29) is 33.8 Å². The molecule has 5 aromatic carbocycles. The fourth-order valence-corrected chi connectivity index (χ4v) is 12.2. The standard InChI is InChI=1S/C53H59BN2S/c1-30-25-40-44-41(26-30)56-45-31(2)27-34(51(9,10)11)29-38(45)53(14)24-23-52(12,13)37-20-21-39(47(56)43(37)53)54(44)48-46(36-28-33(50(6,7)8)17-22-42(36)57-48)55(40)35-18-15-32(16-19-35)49(3,4)5/h15-22,25-29H,23-24H2,1-14H3. The Labute approximate surface area is 346 Å². The fraction of sp³-hybridized carbons (Fsp3) is 0.396. The average molecular weight is 767 g/mol. The van der Waals surface area contributed by atoms with Crippen molar-refractivity contribution < 1.29 is 0 Å². The van der Waals surface area contributed by atoms with Crippen molar-refractivity contribution >= 4 is 78.0 Å². The first-order chi connectivity index (χ1) is 26.6. The molecule has 6 aromatic rings. The highest BCUT2D eigenvalue weighted by Crippen LogP contribution is 2.62. The molecule has 4 heterocycles. The molecule has 0 spiro atoms. The number of hydrogen-bond acceptors (Lipinski definition) is 3. The van der Waals surface area contributed by atoms with Crippen molar-refractivity contribution in [2.75, 3.05) is 9.80 Å². The summed E-state index contributed by atoms with van der Waals surface area (Å²) in [6, 6.07) is 32.0. The van der Waals surface area contributed by atoms with Crippen molar-refractivity contribution in [3.63, 3.8) is 0 Å². The number of hydrogen-bond donors (Lipinski definition) is 0. The Kier molecular flexibility index (Phi) is 7.45. The van der Waals surface area contributed by atoms with Crippen LogP contribution in [0.5, 0.6) is 0 Å². The lowest BCUT2D eigenvalue weighted by Gasteiger charge is -2.54. The lowest BCUT2D eigenvalue weighted by Crippen LogP contribution is -2.62. The number of anilines is 6. The van der Waals surface area contributed by atoms with Gasteiger partial charge in [-0.25, -0.2) is 0 Å². The van der Waals surface area contributed by atoms with E-state index >= 15 is 0 Å². The molecule has 1 aromatic heterocycles. The van der Waals surface area contributed by atoms with Crippen LogP contribution in [0.2, 0.25) is 0 Å². The maximum atomic E-state index is 2.76. The summed E-state index contributed by atoms with van der Waals surface area (Å²) in [7, 11) is 0. The molecular weight excluding hydrogens is 707 g/mol. The van der Waals surface area contributed by atoms with E-state index in [4.69, 9.17) is 0 Å². The first kappa shape index (κ1) is 37.0. The van der Waals surface area contributed by atoms with E-state index in [9.17, 15) is 0 Å². The Balaban J connectivity index is 1.35. The van der Waals surface area contributed by atoms with E-state index in [1.165, 1.54) is 105 Å². The fourth-order valence-electron chi connectivity index (χ4n) is 10.9. The van der Waals surface area contributed by atoms with E-state index in [0.717, 1.165) is 6.42 Å². The van der Waals surface area contributed by atoms with Crippen molar-refractivity contribution in [2.45, 2.75) is 137 Å². The molecule has 0 amide bonds. The lowest BCUT2D eigenvalue weighted by molar-refractivity contribution is 0.348. The molecular formula is C53H59BN2S. The summed E-state index contributed by atoms with van der Waals surface area (Å²) in [5.74, 6) is 0. The van der Waals surface area contributed by atoms with Crippen LogP contribution in [0.1, 0.15) is 140 Å². The molecule has 0 fully saturated rings. The summed E-state index contributed by atoms with van der Waals surface area (Å²) in [5.41, 5.74) is 22.7. The van der Waals surface area contributed by atoms with E-state index < -0.39 is 0 Å². The van der Waals surface area contributed by atoms with E-state index in [2.05, 4.69) is 186 Å². The lowest BCUT2D eigenvalue weighted by atomic mass is 9.35. The molecule has 0 bridgehead atoms. The Morgan fingerprint density at radius 2 is 1.23 bits per heavy atom. The largest absolute Gasteiger partial charge is 0.311 e. The van der Waals surface area contributed by atoms with Gasteiger partial charge in [-0.3, -0.25) is 0 Å². The highest BCUT2D eigenvalue weighted by Gasteiger charge is 2.54. The van der Waals surface area contributed by atoms with Crippen LogP contribution < -0.4 is 25.5 Å². The SMILES string of the molecule is Cc1cc2c3c(c1)N(c1ccc(C(C)(C)C)cc1)c1c(sc4ccc(C(C)(C)C)cc14)B3c1ccc3c4c1N2c1c(C)cc(C(C)(C)C)cc1C4(C)CCC3(C)C. The highest BCUT2D eigenvalue weighted by atomic mass is 32.1. The van der Waals surface area contributed by atoms with Crippen LogP contribution >= 0.6 is 11.3 Å². The Hall–Kier alpha value is -4.28. The second-order valence-electron chi connectivity index (χ2n) is 22.0. The van der Waals surface area contributed by atoms with Crippen molar-refractivity contribution in [2.24, 2.45) is 0 Å². The predicted molar refractivity (Wildman–Crippen MR) is 250 cm³/mol. The van der Waals surface area contributed by atoms with Gasteiger partial charge in [-0.1, -0.05) is 126 Å². The number of benzene rings is 5. The van der Waals surface area contributed by atoms with Gasteiger partial charge >= 0.3 is 0 Å². The zero-order chi connectivity index (χ0) is 40.5. The summed E-state index contributed by atoms with van der Waals surface area (Å²) < 4.78 is 2.83. The Morgan fingerprint density at radius 1 is 0.596 bits per heavy atom. The van der Waals surface area contributed by atoms with Crippen LogP contribution in [0.4, 0.5) is 34.1 Å². The number of thiophene rings is 1. The van der Waals surface area contributed by atoms with E-state index in [1.807, 2.05) is 11.3 Å². The number of rotatable bonds is 1. The quantitative estimate of drug-likeness (QED) is 0.154. The van der Waals surface area contributed by atoms with E-state index in [0.29, 0.717) is 0 Å². The molecule has 4 heteroatoms. The third kappa shape index (κ3) is 5.08.